The first kappa shape index (κ1) is 16.8. The summed E-state index contributed by atoms with van der Waals surface area (Å²) >= 11 is 1.44. The monoisotopic (exact) mass is 368 g/mol. The van der Waals surface area contributed by atoms with Crippen LogP contribution in [0.1, 0.15) is 30.9 Å². The second kappa shape index (κ2) is 6.96. The van der Waals surface area contributed by atoms with Gasteiger partial charge in [0.25, 0.3) is 0 Å². The molecule has 0 radical (unpaired) electrons. The smallest absolute Gasteiger partial charge is 0.230 e. The van der Waals surface area contributed by atoms with E-state index in [1.54, 1.807) is 0 Å². The third-order valence-corrected chi connectivity index (χ3v) is 5.24. The van der Waals surface area contributed by atoms with E-state index in [9.17, 15) is 4.79 Å². The van der Waals surface area contributed by atoms with Gasteiger partial charge in [-0.05, 0) is 17.0 Å². The van der Waals surface area contributed by atoms with Gasteiger partial charge in [0.15, 0.2) is 16.6 Å². The summed E-state index contributed by atoms with van der Waals surface area (Å²) in [4.78, 5) is 16.8. The Bertz CT molecular complexity index is 905. The number of carbonyl (C=O) groups excluding carboxylic acids is 1. The molecule has 26 heavy (non-hydrogen) atoms. The highest BCUT2D eigenvalue weighted by atomic mass is 32.1. The number of hydrogen-bond donors (Lipinski definition) is 1. The van der Waals surface area contributed by atoms with Crippen molar-refractivity contribution in [1.29, 1.82) is 0 Å². The standard InChI is InChI=1S/C20H20N2O3S/c1-12(2)14-5-3-13(4-6-14)9-19(23)22-20-21-15-10-16-17(11-18(15)26-20)25-8-7-24-16/h3-6,10-12H,7-9H2,1-2H3,(H,21,22,23). The van der Waals surface area contributed by atoms with E-state index >= 15 is 0 Å². The van der Waals surface area contributed by atoms with Crippen LogP contribution in [0.2, 0.25) is 0 Å². The maximum atomic E-state index is 12.3. The minimum Gasteiger partial charge on any atom is -0.486 e. The van der Waals surface area contributed by atoms with Crippen LogP contribution in [-0.2, 0) is 11.2 Å². The molecule has 1 aliphatic heterocycles. The van der Waals surface area contributed by atoms with Crippen LogP contribution in [0.4, 0.5) is 5.13 Å². The van der Waals surface area contributed by atoms with Crippen LogP contribution in [-0.4, -0.2) is 24.1 Å². The minimum atomic E-state index is -0.0707. The third kappa shape index (κ3) is 3.51. The molecule has 1 amide bonds. The molecule has 6 heteroatoms. The fraction of sp³-hybridized carbons (Fsp3) is 0.300. The number of hydrogen-bond acceptors (Lipinski definition) is 5. The Morgan fingerprint density at radius 1 is 1.15 bits per heavy atom. The van der Waals surface area contributed by atoms with E-state index in [2.05, 4.69) is 36.3 Å². The largest absolute Gasteiger partial charge is 0.486 e. The molecule has 3 aromatic rings. The average Bonchev–Trinajstić information content (AvgIpc) is 3.00. The Balaban J connectivity index is 1.47. The number of carbonyl (C=O) groups is 1. The number of rotatable bonds is 4. The maximum Gasteiger partial charge on any atom is 0.230 e. The fourth-order valence-corrected chi connectivity index (χ4v) is 3.78. The van der Waals surface area contributed by atoms with Crippen molar-refractivity contribution in [3.63, 3.8) is 0 Å². The van der Waals surface area contributed by atoms with Crippen molar-refractivity contribution in [2.24, 2.45) is 0 Å². The summed E-state index contributed by atoms with van der Waals surface area (Å²) < 4.78 is 12.1. The summed E-state index contributed by atoms with van der Waals surface area (Å²) in [7, 11) is 0. The van der Waals surface area contributed by atoms with E-state index in [-0.39, 0.29) is 5.91 Å². The van der Waals surface area contributed by atoms with Crippen molar-refractivity contribution in [2.45, 2.75) is 26.2 Å². The van der Waals surface area contributed by atoms with Gasteiger partial charge >= 0.3 is 0 Å². The molecule has 2 heterocycles. The zero-order valence-electron chi connectivity index (χ0n) is 14.7. The van der Waals surface area contributed by atoms with Gasteiger partial charge in [-0.15, -0.1) is 0 Å². The Morgan fingerprint density at radius 3 is 2.54 bits per heavy atom. The highest BCUT2D eigenvalue weighted by Gasteiger charge is 2.16. The Hall–Kier alpha value is -2.60. The summed E-state index contributed by atoms with van der Waals surface area (Å²) in [5.41, 5.74) is 3.06. The molecule has 0 bridgehead atoms. The predicted octanol–water partition coefficient (Wildman–Crippen LogP) is 4.37. The number of fused-ring (bicyclic) bond motifs is 2. The fourth-order valence-electron chi connectivity index (χ4n) is 2.89. The average molecular weight is 368 g/mol. The lowest BCUT2D eigenvalue weighted by molar-refractivity contribution is -0.115. The Morgan fingerprint density at radius 2 is 1.85 bits per heavy atom. The lowest BCUT2D eigenvalue weighted by Crippen LogP contribution is -2.15. The SMILES string of the molecule is CC(C)c1ccc(CC(=O)Nc2nc3cc4c(cc3s2)OCCO4)cc1. The van der Waals surface area contributed by atoms with Gasteiger partial charge in [-0.1, -0.05) is 49.4 Å². The second-order valence-corrected chi connectivity index (χ2v) is 7.63. The van der Waals surface area contributed by atoms with Crippen LogP contribution in [0.5, 0.6) is 11.5 Å². The van der Waals surface area contributed by atoms with Gasteiger partial charge in [0.05, 0.1) is 16.6 Å². The molecule has 0 spiro atoms. The van der Waals surface area contributed by atoms with E-state index in [1.807, 2.05) is 24.3 Å². The molecule has 0 aliphatic carbocycles. The molecule has 1 N–H and O–H groups in total. The van der Waals surface area contributed by atoms with Crippen molar-refractivity contribution < 1.29 is 14.3 Å². The van der Waals surface area contributed by atoms with Gasteiger partial charge in [-0.3, -0.25) is 4.79 Å². The van der Waals surface area contributed by atoms with Crippen molar-refractivity contribution >= 4 is 32.6 Å². The summed E-state index contributed by atoms with van der Waals surface area (Å²) in [6.07, 6.45) is 0.330. The van der Waals surface area contributed by atoms with Gasteiger partial charge in [-0.25, -0.2) is 4.98 Å². The zero-order valence-corrected chi connectivity index (χ0v) is 15.6. The number of ether oxygens (including phenoxy) is 2. The van der Waals surface area contributed by atoms with E-state index in [1.165, 1.54) is 16.9 Å². The zero-order chi connectivity index (χ0) is 18.1. The highest BCUT2D eigenvalue weighted by Crippen LogP contribution is 2.37. The van der Waals surface area contributed by atoms with E-state index in [4.69, 9.17) is 9.47 Å². The molecule has 134 valence electrons. The summed E-state index contributed by atoms with van der Waals surface area (Å²) in [5.74, 6) is 1.85. The van der Waals surface area contributed by atoms with Crippen molar-refractivity contribution in [2.75, 3.05) is 18.5 Å². The molecule has 0 atom stereocenters. The molecular weight excluding hydrogens is 348 g/mol. The third-order valence-electron chi connectivity index (χ3n) is 4.31. The van der Waals surface area contributed by atoms with Crippen LogP contribution in [0.25, 0.3) is 10.2 Å². The van der Waals surface area contributed by atoms with Crippen LogP contribution in [0, 0.1) is 0 Å². The quantitative estimate of drug-likeness (QED) is 0.743. The Kier molecular flexibility index (Phi) is 4.51. The van der Waals surface area contributed by atoms with Crippen molar-refractivity contribution in [3.05, 3.63) is 47.5 Å². The number of anilines is 1. The van der Waals surface area contributed by atoms with Crippen molar-refractivity contribution in [1.82, 2.24) is 4.98 Å². The molecule has 4 rings (SSSR count). The normalized spacial score (nSPS) is 13.2. The lowest BCUT2D eigenvalue weighted by atomic mass is 10.0. The summed E-state index contributed by atoms with van der Waals surface area (Å²) in [5, 5.41) is 3.48. The van der Waals surface area contributed by atoms with E-state index in [0.717, 1.165) is 21.5 Å². The minimum absolute atomic E-state index is 0.0707. The Labute approximate surface area is 156 Å². The maximum absolute atomic E-state index is 12.3. The molecule has 1 aromatic heterocycles. The van der Waals surface area contributed by atoms with E-state index < -0.39 is 0 Å². The lowest BCUT2D eigenvalue weighted by Gasteiger charge is -2.17. The number of amides is 1. The molecule has 0 saturated carbocycles. The van der Waals surface area contributed by atoms with Crippen LogP contribution in [0.3, 0.4) is 0 Å². The molecule has 0 fully saturated rings. The molecule has 2 aromatic carbocycles. The van der Waals surface area contributed by atoms with Crippen LogP contribution >= 0.6 is 11.3 Å². The topological polar surface area (TPSA) is 60.5 Å². The second-order valence-electron chi connectivity index (χ2n) is 6.60. The van der Waals surface area contributed by atoms with Crippen LogP contribution < -0.4 is 14.8 Å². The molecule has 5 nitrogen and oxygen atoms in total. The predicted molar refractivity (Wildman–Crippen MR) is 103 cm³/mol. The van der Waals surface area contributed by atoms with Gasteiger partial charge in [0.2, 0.25) is 5.91 Å². The number of nitrogens with one attached hydrogen (secondary N) is 1. The molecular formula is C20H20N2O3S. The molecule has 0 unspecified atom stereocenters. The van der Waals surface area contributed by atoms with Crippen LogP contribution in [0.15, 0.2) is 36.4 Å². The van der Waals surface area contributed by atoms with Gasteiger partial charge < -0.3 is 14.8 Å². The number of nitrogens with zero attached hydrogens (tertiary/aromatic N) is 1. The van der Waals surface area contributed by atoms with Gasteiger partial charge in [0, 0.05) is 12.1 Å². The number of benzene rings is 2. The number of thiazole rings is 1. The first-order valence-corrected chi connectivity index (χ1v) is 9.49. The number of aromatic nitrogens is 1. The summed E-state index contributed by atoms with van der Waals surface area (Å²) in [6.45, 7) is 5.41. The molecule has 1 aliphatic rings. The highest BCUT2D eigenvalue weighted by molar-refractivity contribution is 7.22. The summed E-state index contributed by atoms with van der Waals surface area (Å²) in [6, 6.07) is 12.0. The first-order chi connectivity index (χ1) is 12.6. The van der Waals surface area contributed by atoms with E-state index in [0.29, 0.717) is 36.4 Å². The van der Waals surface area contributed by atoms with Gasteiger partial charge in [-0.2, -0.15) is 0 Å². The molecule has 0 saturated heterocycles. The first-order valence-electron chi connectivity index (χ1n) is 8.67. The van der Waals surface area contributed by atoms with Crippen molar-refractivity contribution in [3.8, 4) is 11.5 Å². The van der Waals surface area contributed by atoms with Gasteiger partial charge in [0.1, 0.15) is 13.2 Å².